The van der Waals surface area contributed by atoms with Gasteiger partial charge >= 0.3 is 0 Å². The van der Waals surface area contributed by atoms with Crippen LogP contribution in [0.25, 0.3) is 0 Å². The number of hydrogen-bond acceptors (Lipinski definition) is 5. The van der Waals surface area contributed by atoms with Crippen molar-refractivity contribution in [2.24, 2.45) is 5.92 Å². The first-order valence-corrected chi connectivity index (χ1v) is 11.3. The van der Waals surface area contributed by atoms with Gasteiger partial charge in [-0.3, -0.25) is 4.79 Å². The van der Waals surface area contributed by atoms with Crippen molar-refractivity contribution in [3.8, 4) is 11.5 Å². The summed E-state index contributed by atoms with van der Waals surface area (Å²) < 4.78 is 36.8. The van der Waals surface area contributed by atoms with E-state index in [-0.39, 0.29) is 30.2 Å². The van der Waals surface area contributed by atoms with Crippen molar-refractivity contribution in [3.05, 3.63) is 23.3 Å². The van der Waals surface area contributed by atoms with Crippen LogP contribution in [0.1, 0.15) is 50.3 Å². The maximum Gasteiger partial charge on any atom is 0.224 e. The van der Waals surface area contributed by atoms with Crippen LogP contribution >= 0.6 is 0 Å². The molecular formula is C20H32N2O5S. The van der Waals surface area contributed by atoms with Crippen molar-refractivity contribution in [2.45, 2.75) is 46.1 Å². The van der Waals surface area contributed by atoms with Crippen molar-refractivity contribution in [2.75, 3.05) is 33.1 Å². The SMILES string of the molecule is CCCS(=O)(=O)N1CCC[C@H](C(=O)N[C@H](C)c2cc(OC)c(OC)cc2C)C1. The number of hydrogen-bond donors (Lipinski definition) is 1. The van der Waals surface area contributed by atoms with E-state index in [9.17, 15) is 13.2 Å². The molecule has 0 radical (unpaired) electrons. The smallest absolute Gasteiger partial charge is 0.224 e. The van der Waals surface area contributed by atoms with Crippen LogP contribution in [-0.2, 0) is 14.8 Å². The summed E-state index contributed by atoms with van der Waals surface area (Å²) in [7, 11) is -0.117. The van der Waals surface area contributed by atoms with Gasteiger partial charge in [0.25, 0.3) is 0 Å². The fourth-order valence-corrected chi connectivity index (χ4v) is 5.26. The van der Waals surface area contributed by atoms with Crippen molar-refractivity contribution < 1.29 is 22.7 Å². The lowest BCUT2D eigenvalue weighted by Gasteiger charge is -2.32. The van der Waals surface area contributed by atoms with Gasteiger partial charge in [-0.25, -0.2) is 12.7 Å². The monoisotopic (exact) mass is 412 g/mol. The molecule has 1 heterocycles. The predicted molar refractivity (Wildman–Crippen MR) is 109 cm³/mol. The molecule has 0 bridgehead atoms. The average Bonchev–Trinajstić information content (AvgIpc) is 2.67. The van der Waals surface area contributed by atoms with Gasteiger partial charge in [0.2, 0.25) is 15.9 Å². The third-order valence-corrected chi connectivity index (χ3v) is 7.25. The van der Waals surface area contributed by atoms with Crippen LogP contribution in [0.15, 0.2) is 12.1 Å². The fourth-order valence-electron chi connectivity index (χ4n) is 3.67. The van der Waals surface area contributed by atoms with Gasteiger partial charge in [-0.2, -0.15) is 0 Å². The Hall–Kier alpha value is -1.80. The third kappa shape index (κ3) is 5.17. The van der Waals surface area contributed by atoms with Crippen LogP contribution in [0, 0.1) is 12.8 Å². The number of aryl methyl sites for hydroxylation is 1. The summed E-state index contributed by atoms with van der Waals surface area (Å²) in [6.07, 6.45) is 1.97. The van der Waals surface area contributed by atoms with Crippen LogP contribution in [0.4, 0.5) is 0 Å². The van der Waals surface area contributed by atoms with E-state index in [2.05, 4.69) is 5.32 Å². The van der Waals surface area contributed by atoms with Crippen LogP contribution in [-0.4, -0.2) is 51.7 Å². The average molecular weight is 413 g/mol. The second-order valence-electron chi connectivity index (χ2n) is 7.31. The molecule has 1 amide bonds. The summed E-state index contributed by atoms with van der Waals surface area (Å²) in [5.41, 5.74) is 1.93. The first-order chi connectivity index (χ1) is 13.2. The summed E-state index contributed by atoms with van der Waals surface area (Å²) in [6.45, 7) is 6.47. The Balaban J connectivity index is 2.10. The Kier molecular flexibility index (Phi) is 7.71. The van der Waals surface area contributed by atoms with Crippen molar-refractivity contribution in [3.63, 3.8) is 0 Å². The molecule has 0 unspecified atom stereocenters. The van der Waals surface area contributed by atoms with E-state index in [1.165, 1.54) is 4.31 Å². The molecule has 1 aromatic rings. The zero-order chi connectivity index (χ0) is 20.9. The molecular weight excluding hydrogens is 380 g/mol. The summed E-state index contributed by atoms with van der Waals surface area (Å²) in [6, 6.07) is 3.53. The number of sulfonamides is 1. The number of benzene rings is 1. The van der Waals surface area contributed by atoms with E-state index in [0.717, 1.165) is 11.1 Å². The van der Waals surface area contributed by atoms with Gasteiger partial charge in [-0.1, -0.05) is 6.92 Å². The summed E-state index contributed by atoms with van der Waals surface area (Å²) in [4.78, 5) is 12.8. The van der Waals surface area contributed by atoms with Gasteiger partial charge in [-0.15, -0.1) is 0 Å². The lowest BCUT2D eigenvalue weighted by Crippen LogP contribution is -2.46. The molecule has 0 aliphatic carbocycles. The third-order valence-electron chi connectivity index (χ3n) is 5.21. The second kappa shape index (κ2) is 9.60. The molecule has 0 spiro atoms. The van der Waals surface area contributed by atoms with Crippen molar-refractivity contribution in [1.82, 2.24) is 9.62 Å². The minimum absolute atomic E-state index is 0.113. The number of carbonyl (C=O) groups is 1. The van der Waals surface area contributed by atoms with Gasteiger partial charge in [0.1, 0.15) is 0 Å². The number of ether oxygens (including phenoxy) is 2. The second-order valence-corrected chi connectivity index (χ2v) is 9.40. The molecule has 7 nitrogen and oxygen atoms in total. The summed E-state index contributed by atoms with van der Waals surface area (Å²) in [5, 5.41) is 3.04. The molecule has 0 aromatic heterocycles. The molecule has 28 heavy (non-hydrogen) atoms. The number of methoxy groups -OCH3 is 2. The van der Waals surface area contributed by atoms with Crippen LogP contribution < -0.4 is 14.8 Å². The molecule has 2 rings (SSSR count). The van der Waals surface area contributed by atoms with E-state index in [1.807, 2.05) is 32.9 Å². The van der Waals surface area contributed by atoms with Crippen molar-refractivity contribution in [1.29, 1.82) is 0 Å². The lowest BCUT2D eigenvalue weighted by molar-refractivity contribution is -0.126. The number of amides is 1. The zero-order valence-electron chi connectivity index (χ0n) is 17.4. The lowest BCUT2D eigenvalue weighted by atomic mass is 9.96. The predicted octanol–water partition coefficient (Wildman–Crippen LogP) is 2.64. The van der Waals surface area contributed by atoms with Gasteiger partial charge in [0.15, 0.2) is 11.5 Å². The Morgan fingerprint density at radius 1 is 1.29 bits per heavy atom. The zero-order valence-corrected chi connectivity index (χ0v) is 18.3. The minimum atomic E-state index is -3.28. The number of rotatable bonds is 8. The summed E-state index contributed by atoms with van der Waals surface area (Å²) in [5.74, 6) is 0.939. The highest BCUT2D eigenvalue weighted by atomic mass is 32.2. The largest absolute Gasteiger partial charge is 0.493 e. The molecule has 1 fully saturated rings. The molecule has 1 saturated heterocycles. The number of piperidine rings is 1. The molecule has 1 aromatic carbocycles. The topological polar surface area (TPSA) is 84.9 Å². The molecule has 1 N–H and O–H groups in total. The fraction of sp³-hybridized carbons (Fsp3) is 0.650. The van der Waals surface area contributed by atoms with Gasteiger partial charge in [-0.05, 0) is 56.4 Å². The maximum absolute atomic E-state index is 12.8. The summed E-state index contributed by atoms with van der Waals surface area (Å²) >= 11 is 0. The first-order valence-electron chi connectivity index (χ1n) is 9.74. The highest BCUT2D eigenvalue weighted by molar-refractivity contribution is 7.89. The van der Waals surface area contributed by atoms with Gasteiger partial charge in [0, 0.05) is 13.1 Å². The minimum Gasteiger partial charge on any atom is -0.493 e. The highest BCUT2D eigenvalue weighted by Crippen LogP contribution is 2.33. The Morgan fingerprint density at radius 3 is 2.54 bits per heavy atom. The van der Waals surface area contributed by atoms with Crippen molar-refractivity contribution >= 4 is 15.9 Å². The van der Waals surface area contributed by atoms with Gasteiger partial charge < -0.3 is 14.8 Å². The van der Waals surface area contributed by atoms with Crippen LogP contribution in [0.3, 0.4) is 0 Å². The Morgan fingerprint density at radius 2 is 1.93 bits per heavy atom. The number of nitrogens with zero attached hydrogens (tertiary/aromatic N) is 1. The molecule has 8 heteroatoms. The maximum atomic E-state index is 12.8. The van der Waals surface area contributed by atoms with E-state index in [1.54, 1.807) is 14.2 Å². The normalized spacial score (nSPS) is 19.1. The van der Waals surface area contributed by atoms with Crippen LogP contribution in [0.2, 0.25) is 0 Å². The molecule has 2 atom stereocenters. The van der Waals surface area contributed by atoms with E-state index in [0.29, 0.717) is 37.3 Å². The Labute approximate surface area is 168 Å². The Bertz CT molecular complexity index is 794. The standard InChI is InChI=1S/C20H32N2O5S/c1-6-10-28(24,25)22-9-7-8-16(13-22)20(23)21-15(3)17-12-19(27-5)18(26-4)11-14(17)2/h11-12,15-16H,6-10,13H2,1-5H3,(H,21,23)/t15-,16+/m1/s1. The van der Waals surface area contributed by atoms with Crippen LogP contribution in [0.5, 0.6) is 11.5 Å². The number of nitrogens with one attached hydrogen (secondary N) is 1. The molecule has 0 saturated carbocycles. The van der Waals surface area contributed by atoms with E-state index in [4.69, 9.17) is 9.47 Å². The highest BCUT2D eigenvalue weighted by Gasteiger charge is 2.32. The molecule has 1 aliphatic rings. The quantitative estimate of drug-likeness (QED) is 0.709. The molecule has 1 aliphatic heterocycles. The van der Waals surface area contributed by atoms with E-state index >= 15 is 0 Å². The first kappa shape index (κ1) is 22.5. The van der Waals surface area contributed by atoms with Gasteiger partial charge in [0.05, 0.1) is 31.9 Å². The molecule has 158 valence electrons. The number of carbonyl (C=O) groups excluding carboxylic acids is 1. The van der Waals surface area contributed by atoms with E-state index < -0.39 is 10.0 Å².